The highest BCUT2D eigenvalue weighted by Gasteiger charge is 2.07. The zero-order valence-electron chi connectivity index (χ0n) is 11.6. The van der Waals surface area contributed by atoms with E-state index in [2.05, 4.69) is 14.8 Å². The van der Waals surface area contributed by atoms with Crippen LogP contribution in [0.15, 0.2) is 12.7 Å². The van der Waals surface area contributed by atoms with Crippen molar-refractivity contribution in [2.75, 3.05) is 7.11 Å². The molecule has 0 unspecified atom stereocenters. The van der Waals surface area contributed by atoms with Crippen molar-refractivity contribution < 1.29 is 14.3 Å². The van der Waals surface area contributed by atoms with Crippen LogP contribution in [0.1, 0.15) is 27.7 Å². The van der Waals surface area contributed by atoms with E-state index in [4.69, 9.17) is 0 Å². The summed E-state index contributed by atoms with van der Waals surface area (Å²) in [6.07, 6.45) is 2.97. The molecule has 0 N–H and O–H groups in total. The molecule has 1 aromatic rings. The Morgan fingerprint density at radius 1 is 1.22 bits per heavy atom. The minimum Gasteiger partial charge on any atom is -0.469 e. The first-order valence-corrected chi connectivity index (χ1v) is 5.81. The summed E-state index contributed by atoms with van der Waals surface area (Å²) in [7, 11) is 1.39. The van der Waals surface area contributed by atoms with Crippen LogP contribution in [-0.4, -0.2) is 33.6 Å². The van der Waals surface area contributed by atoms with E-state index in [1.165, 1.54) is 18.1 Å². The molecule has 0 aliphatic heterocycles. The number of aromatic nitrogens is 3. The molecule has 0 atom stereocenters. The quantitative estimate of drug-likeness (QED) is 0.758. The Kier molecular flexibility index (Phi) is 7.58. The first-order valence-electron chi connectivity index (χ1n) is 5.81. The van der Waals surface area contributed by atoms with E-state index in [1.807, 2.05) is 13.8 Å². The van der Waals surface area contributed by atoms with Crippen LogP contribution in [0.5, 0.6) is 0 Å². The van der Waals surface area contributed by atoms with Crippen LogP contribution in [0, 0.1) is 11.8 Å². The molecular formula is C12H21N3O3. The van der Waals surface area contributed by atoms with Crippen LogP contribution >= 0.6 is 0 Å². The molecule has 1 aromatic heterocycles. The second-order valence-corrected chi connectivity index (χ2v) is 4.39. The minimum absolute atomic E-state index is 0.00463. The standard InChI is InChI=1S/C7H11N3O.C5H10O2/c1-6(2)7(11)3-10-5-8-4-9-10;1-4(2)5(6)7-3/h4-6H,3H2,1-2H3;4H,1-3H3. The smallest absolute Gasteiger partial charge is 0.308 e. The molecule has 0 bridgehead atoms. The first-order chi connectivity index (χ1) is 8.38. The highest BCUT2D eigenvalue weighted by Crippen LogP contribution is 1.95. The summed E-state index contributed by atoms with van der Waals surface area (Å²) < 4.78 is 5.90. The lowest BCUT2D eigenvalue weighted by Crippen LogP contribution is -2.15. The molecule has 0 aliphatic carbocycles. The van der Waals surface area contributed by atoms with Gasteiger partial charge in [-0.1, -0.05) is 27.7 Å². The molecule has 0 fully saturated rings. The maximum Gasteiger partial charge on any atom is 0.308 e. The Morgan fingerprint density at radius 3 is 2.11 bits per heavy atom. The largest absolute Gasteiger partial charge is 0.469 e. The van der Waals surface area contributed by atoms with Crippen LogP contribution in [0.2, 0.25) is 0 Å². The van der Waals surface area contributed by atoms with E-state index >= 15 is 0 Å². The fraction of sp³-hybridized carbons (Fsp3) is 0.667. The number of Topliss-reactive ketones (excluding diaryl/α,β-unsaturated/α-hetero) is 1. The highest BCUT2D eigenvalue weighted by molar-refractivity contribution is 5.79. The predicted octanol–water partition coefficient (Wildman–Crippen LogP) is 1.32. The van der Waals surface area contributed by atoms with Crippen LogP contribution < -0.4 is 0 Å². The lowest BCUT2D eigenvalue weighted by atomic mass is 10.1. The predicted molar refractivity (Wildman–Crippen MR) is 66.7 cm³/mol. The SMILES string of the molecule is CC(C)C(=O)Cn1cncn1.COC(=O)C(C)C. The van der Waals surface area contributed by atoms with Crippen molar-refractivity contribution >= 4 is 11.8 Å². The maximum atomic E-state index is 11.1. The van der Waals surface area contributed by atoms with E-state index in [9.17, 15) is 9.59 Å². The molecule has 102 valence electrons. The van der Waals surface area contributed by atoms with Gasteiger partial charge in [-0.2, -0.15) is 5.10 Å². The summed E-state index contributed by atoms with van der Waals surface area (Å²) in [5.74, 6) is 0.0969. The summed E-state index contributed by atoms with van der Waals surface area (Å²) in [6.45, 7) is 7.67. The summed E-state index contributed by atoms with van der Waals surface area (Å²) in [6, 6.07) is 0. The van der Waals surface area contributed by atoms with Crippen molar-refractivity contribution in [2.24, 2.45) is 11.8 Å². The topological polar surface area (TPSA) is 74.1 Å². The van der Waals surface area contributed by atoms with Crippen LogP contribution in [-0.2, 0) is 20.9 Å². The third-order valence-corrected chi connectivity index (χ3v) is 2.10. The van der Waals surface area contributed by atoms with Gasteiger partial charge in [0.25, 0.3) is 0 Å². The van der Waals surface area contributed by atoms with Gasteiger partial charge in [0.15, 0.2) is 5.78 Å². The summed E-state index contributed by atoms with van der Waals surface area (Å²) >= 11 is 0. The number of hydrogen-bond donors (Lipinski definition) is 0. The van der Waals surface area contributed by atoms with Crippen molar-refractivity contribution in [1.29, 1.82) is 0 Å². The zero-order valence-corrected chi connectivity index (χ0v) is 11.6. The molecule has 6 heteroatoms. The van der Waals surface area contributed by atoms with Crippen molar-refractivity contribution in [3.63, 3.8) is 0 Å². The summed E-state index contributed by atoms with van der Waals surface area (Å²) in [5, 5.41) is 3.82. The van der Waals surface area contributed by atoms with Gasteiger partial charge < -0.3 is 4.74 Å². The van der Waals surface area contributed by atoms with Crippen molar-refractivity contribution in [1.82, 2.24) is 14.8 Å². The molecule has 0 amide bonds. The number of methoxy groups -OCH3 is 1. The first kappa shape index (κ1) is 16.3. The lowest BCUT2D eigenvalue weighted by molar-refractivity contribution is -0.144. The number of carbonyl (C=O) groups excluding carboxylic acids is 2. The third kappa shape index (κ3) is 6.78. The van der Waals surface area contributed by atoms with Gasteiger partial charge in [-0.25, -0.2) is 9.67 Å². The molecule has 0 aliphatic rings. The summed E-state index contributed by atoms with van der Waals surface area (Å²) in [4.78, 5) is 25.1. The molecule has 0 saturated carbocycles. The molecular weight excluding hydrogens is 234 g/mol. The van der Waals surface area contributed by atoms with Crippen molar-refractivity contribution in [3.05, 3.63) is 12.7 Å². The van der Waals surface area contributed by atoms with E-state index in [0.29, 0.717) is 6.54 Å². The van der Waals surface area contributed by atoms with Gasteiger partial charge >= 0.3 is 5.97 Å². The Balaban J connectivity index is 0.000000360. The van der Waals surface area contributed by atoms with Crippen molar-refractivity contribution in [3.8, 4) is 0 Å². The van der Waals surface area contributed by atoms with Gasteiger partial charge in [0, 0.05) is 5.92 Å². The number of rotatable bonds is 4. The fourth-order valence-corrected chi connectivity index (χ4v) is 0.892. The number of carbonyl (C=O) groups is 2. The Labute approximate surface area is 107 Å². The Hall–Kier alpha value is -1.72. The average molecular weight is 255 g/mol. The molecule has 0 spiro atoms. The van der Waals surface area contributed by atoms with Gasteiger partial charge in [-0.3, -0.25) is 9.59 Å². The number of esters is 1. The maximum absolute atomic E-state index is 11.1. The average Bonchev–Trinajstić information content (AvgIpc) is 2.81. The van der Waals surface area contributed by atoms with Crippen molar-refractivity contribution in [2.45, 2.75) is 34.2 Å². The molecule has 6 nitrogen and oxygen atoms in total. The number of ether oxygens (including phenoxy) is 1. The lowest BCUT2D eigenvalue weighted by Gasteiger charge is -2.01. The van der Waals surface area contributed by atoms with Gasteiger partial charge in [0.05, 0.1) is 13.0 Å². The monoisotopic (exact) mass is 255 g/mol. The fourth-order valence-electron chi connectivity index (χ4n) is 0.892. The molecule has 1 heterocycles. The molecule has 0 radical (unpaired) electrons. The number of nitrogens with zero attached hydrogens (tertiary/aromatic N) is 3. The second-order valence-electron chi connectivity index (χ2n) is 4.39. The minimum atomic E-state index is -0.153. The van der Waals surface area contributed by atoms with E-state index < -0.39 is 0 Å². The van der Waals surface area contributed by atoms with Gasteiger partial charge in [0.1, 0.15) is 19.2 Å². The second kappa shape index (κ2) is 8.38. The van der Waals surface area contributed by atoms with E-state index in [-0.39, 0.29) is 23.6 Å². The van der Waals surface area contributed by atoms with E-state index in [0.717, 1.165) is 0 Å². The number of hydrogen-bond acceptors (Lipinski definition) is 5. The normalized spacial score (nSPS) is 9.94. The van der Waals surface area contributed by atoms with Gasteiger partial charge in [-0.05, 0) is 0 Å². The summed E-state index contributed by atoms with van der Waals surface area (Å²) in [5.41, 5.74) is 0. The Morgan fingerprint density at radius 2 is 1.83 bits per heavy atom. The van der Waals surface area contributed by atoms with Crippen LogP contribution in [0.3, 0.4) is 0 Å². The zero-order chi connectivity index (χ0) is 14.1. The molecule has 18 heavy (non-hydrogen) atoms. The highest BCUT2D eigenvalue weighted by atomic mass is 16.5. The Bertz CT molecular complexity index is 359. The van der Waals surface area contributed by atoms with E-state index in [1.54, 1.807) is 20.2 Å². The molecule has 0 saturated heterocycles. The van der Waals surface area contributed by atoms with Crippen LogP contribution in [0.25, 0.3) is 0 Å². The third-order valence-electron chi connectivity index (χ3n) is 2.10. The number of ketones is 1. The van der Waals surface area contributed by atoms with Gasteiger partial charge in [-0.15, -0.1) is 0 Å². The molecule has 0 aromatic carbocycles. The molecule has 1 rings (SSSR count). The van der Waals surface area contributed by atoms with Gasteiger partial charge in [0.2, 0.25) is 0 Å². The van der Waals surface area contributed by atoms with Crippen LogP contribution in [0.4, 0.5) is 0 Å².